The summed E-state index contributed by atoms with van der Waals surface area (Å²) in [6.45, 7) is 8.98. The molecule has 2 fully saturated rings. The van der Waals surface area contributed by atoms with E-state index in [2.05, 4.69) is 24.1 Å². The number of rotatable bonds is 3. The van der Waals surface area contributed by atoms with Crippen molar-refractivity contribution in [2.75, 3.05) is 39.0 Å². The molecule has 0 aromatic carbocycles. The Kier molecular flexibility index (Phi) is 4.87. The van der Waals surface area contributed by atoms with Gasteiger partial charge in [0.25, 0.3) is 0 Å². The monoisotopic (exact) mass is 289 g/mol. The molecule has 2 saturated heterocycles. The fraction of sp³-hybridized carbons (Fsp3) is 1.00. The minimum Gasteiger partial charge on any atom is -0.311 e. The maximum atomic E-state index is 11.6. The second-order valence-electron chi connectivity index (χ2n) is 6.24. The van der Waals surface area contributed by atoms with Crippen LogP contribution in [-0.4, -0.2) is 68.7 Å². The molecule has 0 aromatic heterocycles. The lowest BCUT2D eigenvalue weighted by Crippen LogP contribution is -2.56. The average molecular weight is 289 g/mol. The van der Waals surface area contributed by atoms with Gasteiger partial charge in [0.05, 0.1) is 6.26 Å². The standard InChI is InChI=1S/C13H27N3O2S/c1-11-8-15(12(2)7-14-11)9-13-5-4-6-16(10-13)19(3,17)18/h11-14H,4-10H2,1-3H3. The van der Waals surface area contributed by atoms with Gasteiger partial charge in [-0.15, -0.1) is 0 Å². The number of piperidine rings is 1. The molecule has 0 aliphatic carbocycles. The van der Waals surface area contributed by atoms with Gasteiger partial charge in [-0.3, -0.25) is 4.90 Å². The topological polar surface area (TPSA) is 52.7 Å². The number of sulfonamides is 1. The highest BCUT2D eigenvalue weighted by Crippen LogP contribution is 2.21. The Bertz CT molecular complexity index is 399. The quantitative estimate of drug-likeness (QED) is 0.814. The van der Waals surface area contributed by atoms with E-state index in [-0.39, 0.29) is 0 Å². The molecular weight excluding hydrogens is 262 g/mol. The number of hydrogen-bond donors (Lipinski definition) is 1. The third kappa shape index (κ3) is 4.15. The highest BCUT2D eigenvalue weighted by molar-refractivity contribution is 7.88. The first-order valence-electron chi connectivity index (χ1n) is 7.29. The van der Waals surface area contributed by atoms with Crippen molar-refractivity contribution in [1.82, 2.24) is 14.5 Å². The van der Waals surface area contributed by atoms with Crippen molar-refractivity contribution < 1.29 is 8.42 Å². The first kappa shape index (κ1) is 15.2. The van der Waals surface area contributed by atoms with E-state index in [1.54, 1.807) is 4.31 Å². The molecule has 3 atom stereocenters. The summed E-state index contributed by atoms with van der Waals surface area (Å²) in [4.78, 5) is 2.51. The van der Waals surface area contributed by atoms with Gasteiger partial charge in [-0.2, -0.15) is 0 Å². The van der Waals surface area contributed by atoms with Crippen LogP contribution in [0.15, 0.2) is 0 Å². The summed E-state index contributed by atoms with van der Waals surface area (Å²) >= 11 is 0. The van der Waals surface area contributed by atoms with Gasteiger partial charge >= 0.3 is 0 Å². The lowest BCUT2D eigenvalue weighted by Gasteiger charge is -2.41. The highest BCUT2D eigenvalue weighted by atomic mass is 32.2. The Morgan fingerprint density at radius 1 is 1.26 bits per heavy atom. The summed E-state index contributed by atoms with van der Waals surface area (Å²) in [5.74, 6) is 0.483. The third-order valence-electron chi connectivity index (χ3n) is 4.34. The van der Waals surface area contributed by atoms with E-state index in [9.17, 15) is 8.42 Å². The number of hydrogen-bond acceptors (Lipinski definition) is 4. The van der Waals surface area contributed by atoms with Crippen LogP contribution in [0.3, 0.4) is 0 Å². The van der Waals surface area contributed by atoms with Gasteiger partial charge in [-0.25, -0.2) is 12.7 Å². The van der Waals surface area contributed by atoms with Gasteiger partial charge in [-0.1, -0.05) is 0 Å². The van der Waals surface area contributed by atoms with Crippen LogP contribution in [0.1, 0.15) is 26.7 Å². The molecule has 6 heteroatoms. The van der Waals surface area contributed by atoms with E-state index < -0.39 is 10.0 Å². The Morgan fingerprint density at radius 3 is 2.68 bits per heavy atom. The maximum absolute atomic E-state index is 11.6. The molecular formula is C13H27N3O2S. The van der Waals surface area contributed by atoms with E-state index in [0.717, 1.165) is 32.5 Å². The Morgan fingerprint density at radius 2 is 2.00 bits per heavy atom. The predicted octanol–water partition coefficient (Wildman–Crippen LogP) is 0.340. The molecule has 0 saturated carbocycles. The van der Waals surface area contributed by atoms with Crippen LogP contribution in [0.5, 0.6) is 0 Å². The fourth-order valence-electron chi connectivity index (χ4n) is 3.16. The molecule has 112 valence electrons. The van der Waals surface area contributed by atoms with Crippen molar-refractivity contribution in [2.45, 2.75) is 38.8 Å². The highest BCUT2D eigenvalue weighted by Gasteiger charge is 2.30. The smallest absolute Gasteiger partial charge is 0.211 e. The van der Waals surface area contributed by atoms with E-state index in [1.807, 2.05) is 0 Å². The summed E-state index contributed by atoms with van der Waals surface area (Å²) < 4.78 is 24.9. The maximum Gasteiger partial charge on any atom is 0.211 e. The number of nitrogens with one attached hydrogen (secondary N) is 1. The predicted molar refractivity (Wildman–Crippen MR) is 77.6 cm³/mol. The number of nitrogens with zero attached hydrogens (tertiary/aromatic N) is 2. The second kappa shape index (κ2) is 6.08. The molecule has 2 heterocycles. The van der Waals surface area contributed by atoms with Crippen LogP contribution in [-0.2, 0) is 10.0 Å². The van der Waals surface area contributed by atoms with E-state index in [4.69, 9.17) is 0 Å². The molecule has 5 nitrogen and oxygen atoms in total. The molecule has 0 amide bonds. The average Bonchev–Trinajstić information content (AvgIpc) is 2.33. The summed E-state index contributed by atoms with van der Waals surface area (Å²) in [5, 5.41) is 3.48. The van der Waals surface area contributed by atoms with Crippen LogP contribution in [0.4, 0.5) is 0 Å². The minimum absolute atomic E-state index is 0.483. The van der Waals surface area contributed by atoms with Crippen LogP contribution in [0, 0.1) is 5.92 Å². The third-order valence-corrected chi connectivity index (χ3v) is 5.61. The fourth-order valence-corrected chi connectivity index (χ4v) is 4.10. The molecule has 2 aliphatic heterocycles. The van der Waals surface area contributed by atoms with Gasteiger partial charge in [0, 0.05) is 44.8 Å². The lowest BCUT2D eigenvalue weighted by atomic mass is 9.97. The van der Waals surface area contributed by atoms with Crippen LogP contribution in [0.25, 0.3) is 0 Å². The molecule has 1 N–H and O–H groups in total. The molecule has 0 bridgehead atoms. The molecule has 3 unspecified atom stereocenters. The summed E-state index contributed by atoms with van der Waals surface area (Å²) in [6, 6.07) is 1.08. The van der Waals surface area contributed by atoms with Crippen molar-refractivity contribution in [3.8, 4) is 0 Å². The van der Waals surface area contributed by atoms with E-state index in [0.29, 0.717) is 31.1 Å². The molecule has 0 radical (unpaired) electrons. The van der Waals surface area contributed by atoms with Gasteiger partial charge in [0.15, 0.2) is 0 Å². The minimum atomic E-state index is -3.02. The molecule has 2 aliphatic rings. The molecule has 19 heavy (non-hydrogen) atoms. The van der Waals surface area contributed by atoms with Crippen LogP contribution < -0.4 is 5.32 Å². The van der Waals surface area contributed by atoms with Gasteiger partial charge in [0.2, 0.25) is 10.0 Å². The van der Waals surface area contributed by atoms with E-state index in [1.165, 1.54) is 6.26 Å². The van der Waals surface area contributed by atoms with Crippen molar-refractivity contribution in [3.63, 3.8) is 0 Å². The summed E-state index contributed by atoms with van der Waals surface area (Å²) in [6.07, 6.45) is 3.47. The van der Waals surface area contributed by atoms with Crippen molar-refractivity contribution in [1.29, 1.82) is 0 Å². The second-order valence-corrected chi connectivity index (χ2v) is 8.22. The lowest BCUT2D eigenvalue weighted by molar-refractivity contribution is 0.106. The van der Waals surface area contributed by atoms with Crippen molar-refractivity contribution in [2.24, 2.45) is 5.92 Å². The van der Waals surface area contributed by atoms with Crippen molar-refractivity contribution >= 4 is 10.0 Å². The van der Waals surface area contributed by atoms with Crippen LogP contribution in [0.2, 0.25) is 0 Å². The molecule has 0 spiro atoms. The Hall–Kier alpha value is -0.170. The van der Waals surface area contributed by atoms with Gasteiger partial charge in [0.1, 0.15) is 0 Å². The largest absolute Gasteiger partial charge is 0.311 e. The van der Waals surface area contributed by atoms with Gasteiger partial charge < -0.3 is 5.32 Å². The van der Waals surface area contributed by atoms with Crippen molar-refractivity contribution in [3.05, 3.63) is 0 Å². The summed E-state index contributed by atoms with van der Waals surface area (Å²) in [5.41, 5.74) is 0. The van der Waals surface area contributed by atoms with Crippen LogP contribution >= 0.6 is 0 Å². The number of piperazine rings is 1. The van der Waals surface area contributed by atoms with Gasteiger partial charge in [-0.05, 0) is 32.6 Å². The Labute approximate surface area is 117 Å². The van der Waals surface area contributed by atoms with E-state index >= 15 is 0 Å². The first-order valence-corrected chi connectivity index (χ1v) is 9.13. The SMILES string of the molecule is CC1CN(CC2CCCN(S(C)(=O)=O)C2)C(C)CN1. The zero-order valence-electron chi connectivity index (χ0n) is 12.3. The first-order chi connectivity index (χ1) is 8.86. The zero-order chi connectivity index (χ0) is 14.0. The molecule has 0 aromatic rings. The Balaban J connectivity index is 1.91. The summed E-state index contributed by atoms with van der Waals surface area (Å²) in [7, 11) is -3.02. The normalized spacial score (nSPS) is 35.4. The zero-order valence-corrected chi connectivity index (χ0v) is 13.1. The molecule has 2 rings (SSSR count).